The van der Waals surface area contributed by atoms with E-state index in [1.807, 2.05) is 13.8 Å². The molecule has 0 spiro atoms. The summed E-state index contributed by atoms with van der Waals surface area (Å²) < 4.78 is 0. The van der Waals surface area contributed by atoms with Gasteiger partial charge in [0.15, 0.2) is 0 Å². The van der Waals surface area contributed by atoms with Gasteiger partial charge >= 0.3 is 0 Å². The first-order valence-corrected chi connectivity index (χ1v) is 6.38. The molecular formula is C13H23N3O. The van der Waals surface area contributed by atoms with E-state index in [-0.39, 0.29) is 11.9 Å². The van der Waals surface area contributed by atoms with Crippen molar-refractivity contribution in [2.75, 3.05) is 0 Å². The summed E-state index contributed by atoms with van der Waals surface area (Å²) in [5, 5.41) is 9.89. The van der Waals surface area contributed by atoms with Crippen LogP contribution in [0.2, 0.25) is 0 Å². The highest BCUT2D eigenvalue weighted by atomic mass is 16.1. The van der Waals surface area contributed by atoms with Crippen molar-refractivity contribution < 1.29 is 4.79 Å². The second kappa shape index (κ2) is 6.42. The molecule has 1 rings (SSSR count). The molecule has 0 radical (unpaired) electrons. The van der Waals surface area contributed by atoms with Crippen LogP contribution < -0.4 is 5.32 Å². The third kappa shape index (κ3) is 3.88. The van der Waals surface area contributed by atoms with Crippen molar-refractivity contribution in [3.8, 4) is 0 Å². The van der Waals surface area contributed by atoms with Crippen molar-refractivity contribution in [1.82, 2.24) is 15.5 Å². The maximum Gasteiger partial charge on any atom is 0.255 e. The molecule has 0 aromatic carbocycles. The number of unbranched alkanes of at least 4 members (excludes halogenated alkanes) is 2. The van der Waals surface area contributed by atoms with Gasteiger partial charge in [0.1, 0.15) is 0 Å². The van der Waals surface area contributed by atoms with Crippen LogP contribution in [0, 0.1) is 13.8 Å². The zero-order valence-electron chi connectivity index (χ0n) is 11.3. The van der Waals surface area contributed by atoms with Gasteiger partial charge in [-0.3, -0.25) is 9.89 Å². The maximum atomic E-state index is 12.0. The van der Waals surface area contributed by atoms with Gasteiger partial charge in [-0.2, -0.15) is 5.10 Å². The highest BCUT2D eigenvalue weighted by molar-refractivity contribution is 5.96. The fraction of sp³-hybridized carbons (Fsp3) is 0.692. The third-order valence-corrected chi connectivity index (χ3v) is 2.97. The van der Waals surface area contributed by atoms with Crippen LogP contribution in [0.3, 0.4) is 0 Å². The van der Waals surface area contributed by atoms with Crippen molar-refractivity contribution in [2.24, 2.45) is 0 Å². The molecule has 0 saturated heterocycles. The first kappa shape index (κ1) is 13.7. The fourth-order valence-corrected chi connectivity index (χ4v) is 1.95. The first-order chi connectivity index (χ1) is 8.06. The van der Waals surface area contributed by atoms with Crippen molar-refractivity contribution in [2.45, 2.75) is 59.4 Å². The largest absolute Gasteiger partial charge is 0.349 e. The van der Waals surface area contributed by atoms with Crippen molar-refractivity contribution in [1.29, 1.82) is 0 Å². The van der Waals surface area contributed by atoms with E-state index in [1.54, 1.807) is 0 Å². The van der Waals surface area contributed by atoms with Crippen LogP contribution in [0.5, 0.6) is 0 Å². The van der Waals surface area contributed by atoms with E-state index in [9.17, 15) is 4.79 Å². The Morgan fingerprint density at radius 1 is 1.41 bits per heavy atom. The topological polar surface area (TPSA) is 57.8 Å². The van der Waals surface area contributed by atoms with Gasteiger partial charge in [0.2, 0.25) is 0 Å². The van der Waals surface area contributed by atoms with Gasteiger partial charge in [0, 0.05) is 11.7 Å². The number of amides is 1. The number of carbonyl (C=O) groups is 1. The van der Waals surface area contributed by atoms with Gasteiger partial charge in [0.25, 0.3) is 5.91 Å². The molecular weight excluding hydrogens is 214 g/mol. The highest BCUT2D eigenvalue weighted by Crippen LogP contribution is 2.10. The summed E-state index contributed by atoms with van der Waals surface area (Å²) in [4.78, 5) is 12.0. The van der Waals surface area contributed by atoms with Crippen LogP contribution in [0.25, 0.3) is 0 Å². The molecule has 4 heteroatoms. The number of carbonyl (C=O) groups excluding carboxylic acids is 1. The van der Waals surface area contributed by atoms with Gasteiger partial charge < -0.3 is 5.32 Å². The monoisotopic (exact) mass is 237 g/mol. The summed E-state index contributed by atoms with van der Waals surface area (Å²) in [6.07, 6.45) is 4.64. The Kier molecular flexibility index (Phi) is 5.19. The lowest BCUT2D eigenvalue weighted by molar-refractivity contribution is 0.0937. The number of aryl methyl sites for hydroxylation is 2. The molecule has 0 aliphatic heterocycles. The predicted octanol–water partition coefficient (Wildman–Crippen LogP) is 2.73. The molecule has 4 nitrogen and oxygen atoms in total. The molecule has 0 bridgehead atoms. The number of aromatic amines is 1. The number of rotatable bonds is 6. The summed E-state index contributed by atoms with van der Waals surface area (Å²) in [5.41, 5.74) is 2.29. The molecule has 1 unspecified atom stereocenters. The van der Waals surface area contributed by atoms with Crippen molar-refractivity contribution in [3.63, 3.8) is 0 Å². The molecule has 17 heavy (non-hydrogen) atoms. The quantitative estimate of drug-likeness (QED) is 0.747. The molecule has 1 aromatic rings. The van der Waals surface area contributed by atoms with Crippen LogP contribution >= 0.6 is 0 Å². The first-order valence-electron chi connectivity index (χ1n) is 6.38. The fourth-order valence-electron chi connectivity index (χ4n) is 1.95. The number of nitrogens with zero attached hydrogens (tertiary/aromatic N) is 1. The molecule has 0 aliphatic carbocycles. The molecule has 0 fully saturated rings. The van der Waals surface area contributed by atoms with E-state index in [4.69, 9.17) is 0 Å². The lowest BCUT2D eigenvalue weighted by atomic mass is 10.1. The van der Waals surface area contributed by atoms with Crippen LogP contribution in [0.15, 0.2) is 0 Å². The second-order valence-electron chi connectivity index (χ2n) is 4.68. The number of aromatic nitrogens is 2. The minimum Gasteiger partial charge on any atom is -0.349 e. The minimum atomic E-state index is -0.0160. The van der Waals surface area contributed by atoms with Crippen LogP contribution in [-0.2, 0) is 0 Å². The third-order valence-electron chi connectivity index (χ3n) is 2.97. The average Bonchev–Trinajstić information content (AvgIpc) is 2.58. The molecule has 0 saturated carbocycles. The SMILES string of the molecule is CCCCCC(C)NC(=O)c1c(C)n[nH]c1C. The molecule has 1 amide bonds. The van der Waals surface area contributed by atoms with E-state index >= 15 is 0 Å². The summed E-state index contributed by atoms with van der Waals surface area (Å²) in [6, 6.07) is 0.225. The Morgan fingerprint density at radius 2 is 2.12 bits per heavy atom. The smallest absolute Gasteiger partial charge is 0.255 e. The van der Waals surface area contributed by atoms with Crippen LogP contribution in [0.4, 0.5) is 0 Å². The Balaban J connectivity index is 2.49. The standard InChI is InChI=1S/C13H23N3O/c1-5-6-7-8-9(2)14-13(17)12-10(3)15-16-11(12)4/h9H,5-8H2,1-4H3,(H,14,17)(H,15,16). The van der Waals surface area contributed by atoms with E-state index in [2.05, 4.69) is 29.4 Å². The van der Waals surface area contributed by atoms with Gasteiger partial charge in [-0.25, -0.2) is 0 Å². The van der Waals surface area contributed by atoms with Crippen molar-refractivity contribution >= 4 is 5.91 Å². The number of H-pyrrole nitrogens is 1. The lowest BCUT2D eigenvalue weighted by Crippen LogP contribution is -2.33. The summed E-state index contributed by atoms with van der Waals surface area (Å²) in [5.74, 6) is -0.0160. The van der Waals surface area contributed by atoms with Gasteiger partial charge in [0.05, 0.1) is 11.3 Å². The van der Waals surface area contributed by atoms with E-state index in [1.165, 1.54) is 19.3 Å². The summed E-state index contributed by atoms with van der Waals surface area (Å²) >= 11 is 0. The Morgan fingerprint density at radius 3 is 2.65 bits per heavy atom. The van der Waals surface area contributed by atoms with E-state index < -0.39 is 0 Å². The Hall–Kier alpha value is -1.32. The molecule has 96 valence electrons. The predicted molar refractivity (Wildman–Crippen MR) is 69.1 cm³/mol. The number of hydrogen-bond acceptors (Lipinski definition) is 2. The Bertz CT molecular complexity index is 351. The highest BCUT2D eigenvalue weighted by Gasteiger charge is 2.16. The molecule has 1 aromatic heterocycles. The molecule has 1 heterocycles. The lowest BCUT2D eigenvalue weighted by Gasteiger charge is -2.13. The number of hydrogen-bond donors (Lipinski definition) is 2. The van der Waals surface area contributed by atoms with Gasteiger partial charge in [-0.15, -0.1) is 0 Å². The van der Waals surface area contributed by atoms with Gasteiger partial charge in [-0.1, -0.05) is 26.2 Å². The van der Waals surface area contributed by atoms with Crippen LogP contribution in [-0.4, -0.2) is 22.1 Å². The second-order valence-corrected chi connectivity index (χ2v) is 4.68. The van der Waals surface area contributed by atoms with E-state index in [0.29, 0.717) is 5.56 Å². The summed E-state index contributed by atoms with van der Waals surface area (Å²) in [6.45, 7) is 7.95. The maximum absolute atomic E-state index is 12.0. The zero-order chi connectivity index (χ0) is 12.8. The van der Waals surface area contributed by atoms with Gasteiger partial charge in [-0.05, 0) is 27.2 Å². The minimum absolute atomic E-state index is 0.0160. The molecule has 0 aliphatic rings. The zero-order valence-corrected chi connectivity index (χ0v) is 11.3. The molecule has 2 N–H and O–H groups in total. The average molecular weight is 237 g/mol. The Labute approximate surface area is 103 Å². The van der Waals surface area contributed by atoms with Crippen molar-refractivity contribution in [3.05, 3.63) is 17.0 Å². The van der Waals surface area contributed by atoms with Crippen LogP contribution in [0.1, 0.15) is 61.3 Å². The summed E-state index contributed by atoms with van der Waals surface area (Å²) in [7, 11) is 0. The number of nitrogens with one attached hydrogen (secondary N) is 2. The normalized spacial score (nSPS) is 12.5. The molecule has 1 atom stereocenters. The van der Waals surface area contributed by atoms with E-state index in [0.717, 1.165) is 17.8 Å².